The van der Waals surface area contributed by atoms with Crippen LogP contribution in [0.1, 0.15) is 6.42 Å². The van der Waals surface area contributed by atoms with Crippen molar-refractivity contribution >= 4 is 35.3 Å². The van der Waals surface area contributed by atoms with Gasteiger partial charge < -0.3 is 10.6 Å². The third kappa shape index (κ3) is 2.18. The molecule has 2 aliphatic heterocycles. The van der Waals surface area contributed by atoms with Crippen molar-refractivity contribution in [2.24, 2.45) is 4.99 Å². The third-order valence-corrected chi connectivity index (χ3v) is 3.71. The molecule has 110 valence electrons. The summed E-state index contributed by atoms with van der Waals surface area (Å²) in [6.45, 7) is 0.783. The fourth-order valence-electron chi connectivity index (χ4n) is 2.62. The summed E-state index contributed by atoms with van der Waals surface area (Å²) in [7, 11) is 0. The molecule has 4 rings (SSSR count). The molecule has 2 aromatic rings. The summed E-state index contributed by atoms with van der Waals surface area (Å²) >= 11 is 0. The van der Waals surface area contributed by atoms with Gasteiger partial charge in [0.15, 0.2) is 0 Å². The molecule has 0 radical (unpaired) electrons. The van der Waals surface area contributed by atoms with Crippen molar-refractivity contribution in [3.63, 3.8) is 0 Å². The highest BCUT2D eigenvalue weighted by molar-refractivity contribution is 5.95. The van der Waals surface area contributed by atoms with Crippen LogP contribution < -0.4 is 10.6 Å². The summed E-state index contributed by atoms with van der Waals surface area (Å²) in [5.74, 6) is 0.560. The minimum atomic E-state index is -0.444. The van der Waals surface area contributed by atoms with Crippen LogP contribution in [0.3, 0.4) is 0 Å². The van der Waals surface area contributed by atoms with Gasteiger partial charge in [-0.2, -0.15) is 0 Å². The Kier molecular flexibility index (Phi) is 3.00. The summed E-state index contributed by atoms with van der Waals surface area (Å²) in [6.07, 6.45) is 8.25. The van der Waals surface area contributed by atoms with Crippen molar-refractivity contribution in [3.05, 3.63) is 42.1 Å². The first-order valence-corrected chi connectivity index (χ1v) is 7.24. The van der Waals surface area contributed by atoms with Crippen LogP contribution in [0, 0.1) is 0 Å². The number of anilines is 1. The van der Waals surface area contributed by atoms with E-state index in [0.29, 0.717) is 5.95 Å². The fraction of sp³-hybridized carbons (Fsp3) is 0.188. The van der Waals surface area contributed by atoms with Gasteiger partial charge in [-0.15, -0.1) is 0 Å². The average Bonchev–Trinajstić information content (AvgIpc) is 2.93. The van der Waals surface area contributed by atoms with Gasteiger partial charge in [0, 0.05) is 19.0 Å². The molecule has 0 saturated carbocycles. The first-order chi connectivity index (χ1) is 10.8. The molecule has 1 atom stereocenters. The standard InChI is InChI=1S/C16H15N5O/c22-15(18-11-4-3-8-17-10-11)13-7-9-21-14-6-2-1-5-12(14)19-16(21)20-13/h1-2,4-7,9-10,13H,3,8H2,(H,18,22)(H,19,20). The van der Waals surface area contributed by atoms with Gasteiger partial charge in [0.1, 0.15) is 6.04 Å². The molecule has 1 aromatic heterocycles. The molecule has 0 aliphatic carbocycles. The van der Waals surface area contributed by atoms with Gasteiger partial charge in [-0.05, 0) is 24.6 Å². The number of carbonyl (C=O) groups excluding carboxylic acids is 1. The lowest BCUT2D eigenvalue weighted by Gasteiger charge is -2.20. The molecular formula is C16H15N5O. The van der Waals surface area contributed by atoms with Crippen LogP contribution in [0.5, 0.6) is 0 Å². The highest BCUT2D eigenvalue weighted by Gasteiger charge is 2.22. The quantitative estimate of drug-likeness (QED) is 0.886. The maximum absolute atomic E-state index is 12.3. The number of fused-ring (bicyclic) bond motifs is 3. The number of dihydropyridines is 1. The summed E-state index contributed by atoms with van der Waals surface area (Å²) in [5, 5.41) is 6.03. The molecule has 3 heterocycles. The lowest BCUT2D eigenvalue weighted by Crippen LogP contribution is -2.40. The van der Waals surface area contributed by atoms with E-state index in [1.54, 1.807) is 6.21 Å². The predicted molar refractivity (Wildman–Crippen MR) is 86.7 cm³/mol. The molecular weight excluding hydrogens is 278 g/mol. The molecule has 6 heteroatoms. The van der Waals surface area contributed by atoms with Crippen LogP contribution in [0.25, 0.3) is 17.2 Å². The zero-order valence-corrected chi connectivity index (χ0v) is 11.9. The molecule has 22 heavy (non-hydrogen) atoms. The van der Waals surface area contributed by atoms with E-state index in [2.05, 4.69) is 20.6 Å². The van der Waals surface area contributed by atoms with Gasteiger partial charge in [0.2, 0.25) is 5.95 Å². The highest BCUT2D eigenvalue weighted by atomic mass is 16.2. The number of amides is 1. The predicted octanol–water partition coefficient (Wildman–Crippen LogP) is 1.78. The van der Waals surface area contributed by atoms with Gasteiger partial charge in [-0.1, -0.05) is 18.2 Å². The van der Waals surface area contributed by atoms with Crippen molar-refractivity contribution in [2.75, 3.05) is 11.9 Å². The van der Waals surface area contributed by atoms with E-state index in [-0.39, 0.29) is 5.91 Å². The SMILES string of the molecule is O=C(NC1=CCCN=C1)C1C=Cn2c(nc3ccccc32)N1. The number of benzene rings is 1. The highest BCUT2D eigenvalue weighted by Crippen LogP contribution is 2.23. The fourth-order valence-corrected chi connectivity index (χ4v) is 2.62. The van der Waals surface area contributed by atoms with Crippen molar-refractivity contribution in [1.82, 2.24) is 14.9 Å². The molecule has 0 fully saturated rings. The van der Waals surface area contributed by atoms with Crippen LogP contribution in [-0.4, -0.2) is 34.3 Å². The van der Waals surface area contributed by atoms with E-state index in [1.165, 1.54) is 0 Å². The number of aliphatic imine (C=N–C) groups is 1. The number of allylic oxidation sites excluding steroid dienone is 1. The number of imidazole rings is 1. The lowest BCUT2D eigenvalue weighted by molar-refractivity contribution is -0.120. The Hall–Kier alpha value is -2.89. The zero-order chi connectivity index (χ0) is 14.9. The van der Waals surface area contributed by atoms with Crippen molar-refractivity contribution in [2.45, 2.75) is 12.5 Å². The van der Waals surface area contributed by atoms with E-state index >= 15 is 0 Å². The molecule has 2 aliphatic rings. The summed E-state index contributed by atoms with van der Waals surface area (Å²) in [5.41, 5.74) is 2.67. The number of rotatable bonds is 2. The van der Waals surface area contributed by atoms with Crippen molar-refractivity contribution in [1.29, 1.82) is 0 Å². The minimum absolute atomic E-state index is 0.117. The van der Waals surface area contributed by atoms with Crippen molar-refractivity contribution in [3.8, 4) is 0 Å². The Morgan fingerprint density at radius 2 is 2.27 bits per heavy atom. The smallest absolute Gasteiger partial charge is 0.251 e. The van der Waals surface area contributed by atoms with Gasteiger partial charge in [-0.3, -0.25) is 14.4 Å². The number of aromatic nitrogens is 2. The van der Waals surface area contributed by atoms with Gasteiger partial charge in [0.25, 0.3) is 5.91 Å². The number of carbonyl (C=O) groups is 1. The van der Waals surface area contributed by atoms with Gasteiger partial charge in [0.05, 0.1) is 16.7 Å². The first-order valence-electron chi connectivity index (χ1n) is 7.24. The maximum atomic E-state index is 12.3. The van der Waals surface area contributed by atoms with E-state index < -0.39 is 6.04 Å². The molecule has 1 unspecified atom stereocenters. The average molecular weight is 293 g/mol. The largest absolute Gasteiger partial charge is 0.340 e. The second kappa shape index (κ2) is 5.14. The van der Waals surface area contributed by atoms with E-state index in [0.717, 1.165) is 29.7 Å². The topological polar surface area (TPSA) is 71.3 Å². The number of hydrogen-bond acceptors (Lipinski definition) is 4. The maximum Gasteiger partial charge on any atom is 0.251 e. The first kappa shape index (κ1) is 12.8. The van der Waals surface area contributed by atoms with Crippen LogP contribution in [0.15, 0.2) is 47.1 Å². The summed E-state index contributed by atoms with van der Waals surface area (Å²) < 4.78 is 1.94. The second-order valence-corrected chi connectivity index (χ2v) is 5.23. The number of para-hydroxylation sites is 2. The molecule has 2 N–H and O–H groups in total. The Morgan fingerprint density at radius 1 is 1.36 bits per heavy atom. The number of nitrogens with zero attached hydrogens (tertiary/aromatic N) is 3. The number of nitrogens with one attached hydrogen (secondary N) is 2. The number of hydrogen-bond donors (Lipinski definition) is 2. The molecule has 1 aromatic carbocycles. The zero-order valence-electron chi connectivity index (χ0n) is 11.9. The van der Waals surface area contributed by atoms with E-state index in [1.807, 2.05) is 47.2 Å². The Balaban J connectivity index is 1.56. The van der Waals surface area contributed by atoms with Crippen LogP contribution in [-0.2, 0) is 4.79 Å². The Bertz CT molecular complexity index is 830. The molecule has 6 nitrogen and oxygen atoms in total. The van der Waals surface area contributed by atoms with Gasteiger partial charge in [-0.25, -0.2) is 4.98 Å². The molecule has 0 saturated heterocycles. The lowest BCUT2D eigenvalue weighted by atomic mass is 10.2. The molecule has 0 spiro atoms. The third-order valence-electron chi connectivity index (χ3n) is 3.71. The summed E-state index contributed by atoms with van der Waals surface area (Å²) in [6, 6.07) is 7.43. The van der Waals surface area contributed by atoms with Gasteiger partial charge >= 0.3 is 0 Å². The summed E-state index contributed by atoms with van der Waals surface area (Å²) in [4.78, 5) is 21.0. The molecule has 1 amide bonds. The van der Waals surface area contributed by atoms with Crippen LogP contribution >= 0.6 is 0 Å². The van der Waals surface area contributed by atoms with Crippen molar-refractivity contribution < 1.29 is 4.79 Å². The van der Waals surface area contributed by atoms with Crippen LogP contribution in [0.2, 0.25) is 0 Å². The van der Waals surface area contributed by atoms with E-state index in [4.69, 9.17) is 0 Å². The molecule has 0 bridgehead atoms. The van der Waals surface area contributed by atoms with Crippen LogP contribution in [0.4, 0.5) is 5.95 Å². The van der Waals surface area contributed by atoms with E-state index in [9.17, 15) is 4.79 Å². The Labute approximate surface area is 127 Å². The monoisotopic (exact) mass is 293 g/mol. The minimum Gasteiger partial charge on any atom is -0.340 e. The Morgan fingerprint density at radius 3 is 3.14 bits per heavy atom. The normalized spacial score (nSPS) is 19.5. The second-order valence-electron chi connectivity index (χ2n) is 5.23.